The van der Waals surface area contributed by atoms with E-state index >= 15 is 0 Å². The number of rotatable bonds is 3. The topological polar surface area (TPSA) is 40.6 Å². The molecule has 0 radical (unpaired) electrons. The summed E-state index contributed by atoms with van der Waals surface area (Å²) in [5, 5.41) is 0. The molecule has 1 aliphatic heterocycles. The van der Waals surface area contributed by atoms with Gasteiger partial charge in [-0.25, -0.2) is 0 Å². The number of fused-ring (bicyclic) bond motifs is 1. The summed E-state index contributed by atoms with van der Waals surface area (Å²) in [6.45, 7) is 0.196. The van der Waals surface area contributed by atoms with Crippen LogP contribution in [0.4, 0.5) is 5.69 Å². The van der Waals surface area contributed by atoms with Gasteiger partial charge in [-0.15, -0.1) is 6.42 Å². The summed E-state index contributed by atoms with van der Waals surface area (Å²) in [7, 11) is 1.83. The largest absolute Gasteiger partial charge is 0.356 e. The molecule has 0 saturated carbocycles. The standard InChI is InChI=1S/C18H14N2O2/c1-3-13-8-10-14(11-9-13)19(2)12-20-17(21)15-6-4-5-7-16(15)18(20)22/h1,4-11H,12H2,2H3. The Bertz CT molecular complexity index is 752. The SMILES string of the molecule is C#Cc1ccc(N(C)CN2C(=O)c3ccccc3C2=O)cc1. The van der Waals surface area contributed by atoms with E-state index < -0.39 is 0 Å². The molecule has 4 nitrogen and oxygen atoms in total. The van der Waals surface area contributed by atoms with Gasteiger partial charge in [-0.3, -0.25) is 14.5 Å². The summed E-state index contributed by atoms with van der Waals surface area (Å²) in [5.74, 6) is 2.04. The first-order valence-electron chi connectivity index (χ1n) is 6.85. The third-order valence-electron chi connectivity index (χ3n) is 3.71. The maximum absolute atomic E-state index is 12.3. The van der Waals surface area contributed by atoms with Crippen molar-refractivity contribution in [2.45, 2.75) is 0 Å². The zero-order chi connectivity index (χ0) is 15.7. The first kappa shape index (κ1) is 13.9. The minimum absolute atomic E-state index is 0.196. The Kier molecular flexibility index (Phi) is 3.40. The van der Waals surface area contributed by atoms with Gasteiger partial charge in [0.2, 0.25) is 0 Å². The van der Waals surface area contributed by atoms with E-state index in [-0.39, 0.29) is 18.5 Å². The Morgan fingerprint density at radius 2 is 1.55 bits per heavy atom. The van der Waals surface area contributed by atoms with E-state index in [4.69, 9.17) is 6.42 Å². The van der Waals surface area contributed by atoms with Crippen LogP contribution in [0.1, 0.15) is 26.3 Å². The number of hydrogen-bond donors (Lipinski definition) is 0. The van der Waals surface area contributed by atoms with Crippen LogP contribution in [0.25, 0.3) is 0 Å². The second kappa shape index (κ2) is 5.38. The minimum atomic E-state index is -0.257. The molecule has 0 bridgehead atoms. The minimum Gasteiger partial charge on any atom is -0.356 e. The van der Waals surface area contributed by atoms with Gasteiger partial charge in [-0.05, 0) is 36.4 Å². The van der Waals surface area contributed by atoms with Crippen LogP contribution in [0.2, 0.25) is 0 Å². The van der Waals surface area contributed by atoms with Crippen LogP contribution in [-0.2, 0) is 0 Å². The summed E-state index contributed by atoms with van der Waals surface area (Å²) < 4.78 is 0. The van der Waals surface area contributed by atoms with Gasteiger partial charge in [-0.2, -0.15) is 0 Å². The smallest absolute Gasteiger partial charge is 0.263 e. The number of carbonyl (C=O) groups excluding carboxylic acids is 2. The number of terminal acetylenes is 1. The molecule has 2 amide bonds. The number of imide groups is 1. The highest BCUT2D eigenvalue weighted by Crippen LogP contribution is 2.23. The molecule has 2 aromatic rings. The molecule has 108 valence electrons. The predicted octanol–water partition coefficient (Wildman–Crippen LogP) is 2.36. The number of nitrogens with zero attached hydrogens (tertiary/aromatic N) is 2. The van der Waals surface area contributed by atoms with Crippen LogP contribution in [0, 0.1) is 12.3 Å². The lowest BCUT2D eigenvalue weighted by atomic mass is 10.1. The highest BCUT2D eigenvalue weighted by atomic mass is 16.2. The maximum atomic E-state index is 12.3. The molecule has 3 rings (SSSR count). The lowest BCUT2D eigenvalue weighted by molar-refractivity contribution is 0.0656. The second-order valence-corrected chi connectivity index (χ2v) is 5.11. The molecule has 4 heteroatoms. The van der Waals surface area contributed by atoms with Gasteiger partial charge in [0.25, 0.3) is 11.8 Å². The fourth-order valence-corrected chi connectivity index (χ4v) is 2.47. The van der Waals surface area contributed by atoms with Crippen molar-refractivity contribution in [3.05, 3.63) is 65.2 Å². The van der Waals surface area contributed by atoms with Gasteiger partial charge in [0.1, 0.15) is 6.67 Å². The molecular weight excluding hydrogens is 276 g/mol. The number of amides is 2. The zero-order valence-electron chi connectivity index (χ0n) is 12.1. The molecular formula is C18H14N2O2. The molecule has 22 heavy (non-hydrogen) atoms. The summed E-state index contributed by atoms with van der Waals surface area (Å²) in [6.07, 6.45) is 5.33. The van der Waals surface area contributed by atoms with Gasteiger partial charge < -0.3 is 4.90 Å². The molecule has 0 fully saturated rings. The first-order chi connectivity index (χ1) is 10.6. The molecule has 0 saturated heterocycles. The fraction of sp³-hybridized carbons (Fsp3) is 0.111. The molecule has 0 aliphatic carbocycles. The zero-order valence-corrected chi connectivity index (χ0v) is 12.1. The highest BCUT2D eigenvalue weighted by Gasteiger charge is 2.35. The van der Waals surface area contributed by atoms with Crippen LogP contribution < -0.4 is 4.90 Å². The van der Waals surface area contributed by atoms with Crippen LogP contribution in [-0.4, -0.2) is 30.4 Å². The lowest BCUT2D eigenvalue weighted by Gasteiger charge is -2.24. The lowest BCUT2D eigenvalue weighted by Crippen LogP contribution is -2.39. The van der Waals surface area contributed by atoms with E-state index in [2.05, 4.69) is 5.92 Å². The van der Waals surface area contributed by atoms with Gasteiger partial charge >= 0.3 is 0 Å². The Balaban J connectivity index is 1.80. The Morgan fingerprint density at radius 1 is 1.00 bits per heavy atom. The van der Waals surface area contributed by atoms with Crippen LogP contribution in [0.5, 0.6) is 0 Å². The number of anilines is 1. The van der Waals surface area contributed by atoms with Crippen molar-refractivity contribution >= 4 is 17.5 Å². The van der Waals surface area contributed by atoms with Crippen molar-refractivity contribution in [3.8, 4) is 12.3 Å². The summed E-state index contributed by atoms with van der Waals surface area (Å²) in [4.78, 5) is 27.7. The van der Waals surface area contributed by atoms with E-state index in [9.17, 15) is 9.59 Å². The van der Waals surface area contributed by atoms with Crippen molar-refractivity contribution in [2.24, 2.45) is 0 Å². The number of benzene rings is 2. The summed E-state index contributed by atoms with van der Waals surface area (Å²) in [6, 6.07) is 14.3. The molecule has 2 aromatic carbocycles. The molecule has 0 aromatic heterocycles. The van der Waals surface area contributed by atoms with Gasteiger partial charge in [0.15, 0.2) is 0 Å². The van der Waals surface area contributed by atoms with E-state index in [1.165, 1.54) is 4.90 Å². The molecule has 0 spiro atoms. The van der Waals surface area contributed by atoms with Crippen LogP contribution >= 0.6 is 0 Å². The highest BCUT2D eigenvalue weighted by molar-refractivity contribution is 6.21. The van der Waals surface area contributed by atoms with E-state index in [1.807, 2.05) is 36.2 Å². The van der Waals surface area contributed by atoms with Crippen molar-refractivity contribution in [1.82, 2.24) is 4.90 Å². The van der Waals surface area contributed by atoms with E-state index in [1.54, 1.807) is 24.3 Å². The molecule has 1 aliphatic rings. The van der Waals surface area contributed by atoms with Crippen molar-refractivity contribution in [3.63, 3.8) is 0 Å². The normalized spacial score (nSPS) is 13.0. The van der Waals surface area contributed by atoms with Crippen molar-refractivity contribution in [1.29, 1.82) is 0 Å². The average Bonchev–Trinajstić information content (AvgIpc) is 2.80. The maximum Gasteiger partial charge on any atom is 0.263 e. The summed E-state index contributed by atoms with van der Waals surface area (Å²) >= 11 is 0. The van der Waals surface area contributed by atoms with Gasteiger partial charge in [0.05, 0.1) is 11.1 Å². The fourth-order valence-electron chi connectivity index (χ4n) is 2.47. The van der Waals surface area contributed by atoms with Crippen molar-refractivity contribution in [2.75, 3.05) is 18.6 Å². The third-order valence-corrected chi connectivity index (χ3v) is 3.71. The van der Waals surface area contributed by atoms with Crippen LogP contribution in [0.15, 0.2) is 48.5 Å². The monoisotopic (exact) mass is 290 g/mol. The first-order valence-corrected chi connectivity index (χ1v) is 6.85. The molecule has 0 atom stereocenters. The molecule has 0 N–H and O–H groups in total. The van der Waals surface area contributed by atoms with E-state index in [0.717, 1.165) is 11.3 Å². The Hall–Kier alpha value is -3.06. The Morgan fingerprint density at radius 3 is 2.05 bits per heavy atom. The number of hydrogen-bond acceptors (Lipinski definition) is 3. The second-order valence-electron chi connectivity index (χ2n) is 5.11. The molecule has 1 heterocycles. The van der Waals surface area contributed by atoms with Crippen LogP contribution in [0.3, 0.4) is 0 Å². The quantitative estimate of drug-likeness (QED) is 0.643. The summed E-state index contributed by atoms with van der Waals surface area (Å²) in [5.41, 5.74) is 2.60. The molecule has 0 unspecified atom stereocenters. The van der Waals surface area contributed by atoms with Gasteiger partial charge in [-0.1, -0.05) is 18.1 Å². The number of carbonyl (C=O) groups is 2. The third kappa shape index (κ3) is 2.23. The predicted molar refractivity (Wildman–Crippen MR) is 84.6 cm³/mol. The Labute approximate surface area is 129 Å². The average molecular weight is 290 g/mol. The van der Waals surface area contributed by atoms with E-state index in [0.29, 0.717) is 11.1 Å². The van der Waals surface area contributed by atoms with Gasteiger partial charge in [0, 0.05) is 18.3 Å². The van der Waals surface area contributed by atoms with Crippen molar-refractivity contribution < 1.29 is 9.59 Å².